The molecule has 0 bridgehead atoms. The monoisotopic (exact) mass is 259 g/mol. The molecule has 3 N–H and O–H groups in total. The third-order valence-corrected chi connectivity index (χ3v) is 3.33. The van der Waals surface area contributed by atoms with Gasteiger partial charge in [-0.3, -0.25) is 4.68 Å². The molecule has 1 aliphatic carbocycles. The summed E-state index contributed by atoms with van der Waals surface area (Å²) in [6.07, 6.45) is 3.48. The molecule has 1 aromatic carbocycles. The summed E-state index contributed by atoms with van der Waals surface area (Å²) in [5.74, 6) is 1.32. The van der Waals surface area contributed by atoms with Crippen LogP contribution in [0.4, 0.5) is 5.82 Å². The first kappa shape index (κ1) is 12.0. The third kappa shape index (κ3) is 2.42. The van der Waals surface area contributed by atoms with E-state index in [1.54, 1.807) is 17.9 Å². The van der Waals surface area contributed by atoms with E-state index in [0.717, 1.165) is 24.2 Å². The number of aliphatic hydroxyl groups excluding tert-OH is 1. The number of aromatic nitrogens is 2. The molecule has 1 unspecified atom stereocenters. The van der Waals surface area contributed by atoms with Gasteiger partial charge in [-0.25, -0.2) is 0 Å². The fourth-order valence-electron chi connectivity index (χ4n) is 1.96. The van der Waals surface area contributed by atoms with Crippen molar-refractivity contribution in [3.05, 3.63) is 41.6 Å². The minimum absolute atomic E-state index is 0.379. The van der Waals surface area contributed by atoms with Gasteiger partial charge in [-0.15, -0.1) is 0 Å². The zero-order chi connectivity index (χ0) is 13.4. The normalized spacial score (nSPS) is 16.3. The van der Waals surface area contributed by atoms with E-state index in [1.807, 2.05) is 24.3 Å². The van der Waals surface area contributed by atoms with Gasteiger partial charge >= 0.3 is 0 Å². The van der Waals surface area contributed by atoms with Crippen molar-refractivity contribution in [3.8, 4) is 5.75 Å². The van der Waals surface area contributed by atoms with Gasteiger partial charge in [0.2, 0.25) is 0 Å². The van der Waals surface area contributed by atoms with Gasteiger partial charge in [-0.1, -0.05) is 12.1 Å². The van der Waals surface area contributed by atoms with E-state index in [2.05, 4.69) is 5.10 Å². The van der Waals surface area contributed by atoms with E-state index >= 15 is 0 Å². The highest BCUT2D eigenvalue weighted by molar-refractivity contribution is 5.44. The average molecular weight is 259 g/mol. The Morgan fingerprint density at radius 2 is 2.05 bits per heavy atom. The van der Waals surface area contributed by atoms with E-state index in [-0.39, 0.29) is 0 Å². The van der Waals surface area contributed by atoms with Gasteiger partial charge in [0.05, 0.1) is 12.3 Å². The second kappa shape index (κ2) is 4.59. The fraction of sp³-hybridized carbons (Fsp3) is 0.357. The highest BCUT2D eigenvalue weighted by atomic mass is 16.5. The predicted molar refractivity (Wildman–Crippen MR) is 71.8 cm³/mol. The number of nitrogens with zero attached hydrogens (tertiary/aromatic N) is 2. The SMILES string of the molecule is Cn1ncc(C(O)c2ccc(OC3CC3)cc2)c1N. The molecule has 5 heteroatoms. The third-order valence-electron chi connectivity index (χ3n) is 3.33. The van der Waals surface area contributed by atoms with Crippen molar-refractivity contribution in [2.75, 3.05) is 5.73 Å². The van der Waals surface area contributed by atoms with E-state index < -0.39 is 6.10 Å². The summed E-state index contributed by atoms with van der Waals surface area (Å²) in [4.78, 5) is 0. The van der Waals surface area contributed by atoms with Crippen LogP contribution >= 0.6 is 0 Å². The topological polar surface area (TPSA) is 73.3 Å². The fourth-order valence-corrected chi connectivity index (χ4v) is 1.96. The highest BCUT2D eigenvalue weighted by Gasteiger charge is 2.23. The number of hydrogen-bond donors (Lipinski definition) is 2. The van der Waals surface area contributed by atoms with E-state index in [0.29, 0.717) is 17.5 Å². The van der Waals surface area contributed by atoms with Crippen LogP contribution in [0.5, 0.6) is 5.75 Å². The predicted octanol–water partition coefficient (Wildman–Crippen LogP) is 1.63. The number of benzene rings is 1. The van der Waals surface area contributed by atoms with Crippen molar-refractivity contribution in [1.29, 1.82) is 0 Å². The van der Waals surface area contributed by atoms with Crippen molar-refractivity contribution in [2.45, 2.75) is 25.0 Å². The van der Waals surface area contributed by atoms with Crippen LogP contribution in [0.15, 0.2) is 30.5 Å². The molecular weight excluding hydrogens is 242 g/mol. The second-order valence-electron chi connectivity index (χ2n) is 4.90. The lowest BCUT2D eigenvalue weighted by Gasteiger charge is -2.11. The number of nitrogens with two attached hydrogens (primary N) is 1. The summed E-state index contributed by atoms with van der Waals surface area (Å²) >= 11 is 0. The number of rotatable bonds is 4. The Balaban J connectivity index is 1.79. The van der Waals surface area contributed by atoms with E-state index in [1.165, 1.54) is 0 Å². The van der Waals surface area contributed by atoms with Crippen molar-refractivity contribution in [3.63, 3.8) is 0 Å². The molecular formula is C14H17N3O2. The lowest BCUT2D eigenvalue weighted by molar-refractivity contribution is 0.220. The summed E-state index contributed by atoms with van der Waals surface area (Å²) in [7, 11) is 1.75. The maximum absolute atomic E-state index is 10.3. The standard InChI is InChI=1S/C14H17N3O2/c1-17-14(15)12(8-16-17)13(18)9-2-4-10(5-3-9)19-11-6-7-11/h2-5,8,11,13,18H,6-7,15H2,1H3. The van der Waals surface area contributed by atoms with Crippen LogP contribution < -0.4 is 10.5 Å². The van der Waals surface area contributed by atoms with Crippen molar-refractivity contribution in [1.82, 2.24) is 9.78 Å². The molecule has 0 amide bonds. The van der Waals surface area contributed by atoms with Gasteiger partial charge in [0, 0.05) is 12.6 Å². The van der Waals surface area contributed by atoms with Crippen molar-refractivity contribution in [2.24, 2.45) is 7.05 Å². The van der Waals surface area contributed by atoms with Crippen LogP contribution in [-0.2, 0) is 7.05 Å². The second-order valence-corrected chi connectivity index (χ2v) is 4.90. The smallest absolute Gasteiger partial charge is 0.127 e. The quantitative estimate of drug-likeness (QED) is 0.875. The van der Waals surface area contributed by atoms with Gasteiger partial charge in [0.25, 0.3) is 0 Å². The number of aliphatic hydroxyl groups is 1. The maximum Gasteiger partial charge on any atom is 0.127 e. The Hall–Kier alpha value is -2.01. The molecule has 19 heavy (non-hydrogen) atoms. The largest absolute Gasteiger partial charge is 0.490 e. The molecule has 0 aliphatic heterocycles. The molecule has 1 heterocycles. The number of aryl methyl sites for hydroxylation is 1. The molecule has 100 valence electrons. The number of anilines is 1. The number of ether oxygens (including phenoxy) is 1. The summed E-state index contributed by atoms with van der Waals surface area (Å²) < 4.78 is 7.22. The zero-order valence-corrected chi connectivity index (χ0v) is 10.8. The zero-order valence-electron chi connectivity index (χ0n) is 10.8. The molecule has 2 aromatic rings. The Morgan fingerprint density at radius 1 is 1.37 bits per heavy atom. The van der Waals surface area contributed by atoms with Gasteiger partial charge in [0.15, 0.2) is 0 Å². The minimum Gasteiger partial charge on any atom is -0.490 e. The van der Waals surface area contributed by atoms with Gasteiger partial charge in [0.1, 0.15) is 17.7 Å². The Bertz CT molecular complexity index is 573. The summed E-state index contributed by atoms with van der Waals surface area (Å²) in [5.41, 5.74) is 7.26. The molecule has 1 atom stereocenters. The Labute approximate surface area is 111 Å². The molecule has 1 aromatic heterocycles. The molecule has 3 rings (SSSR count). The molecule has 5 nitrogen and oxygen atoms in total. The molecule has 0 saturated heterocycles. The number of hydrogen-bond acceptors (Lipinski definition) is 4. The van der Waals surface area contributed by atoms with Gasteiger partial charge < -0.3 is 15.6 Å². The van der Waals surface area contributed by atoms with E-state index in [9.17, 15) is 5.11 Å². The first-order chi connectivity index (χ1) is 9.15. The van der Waals surface area contributed by atoms with Crippen LogP contribution in [0.25, 0.3) is 0 Å². The number of nitrogen functional groups attached to an aromatic ring is 1. The van der Waals surface area contributed by atoms with Crippen LogP contribution in [0.1, 0.15) is 30.1 Å². The highest BCUT2D eigenvalue weighted by Crippen LogP contribution is 2.30. The molecule has 1 saturated carbocycles. The summed E-state index contributed by atoms with van der Waals surface area (Å²) in [6, 6.07) is 7.47. The molecule has 0 radical (unpaired) electrons. The van der Waals surface area contributed by atoms with Crippen LogP contribution in [0.3, 0.4) is 0 Å². The Morgan fingerprint density at radius 3 is 2.58 bits per heavy atom. The van der Waals surface area contributed by atoms with Crippen molar-refractivity contribution >= 4 is 5.82 Å². The molecule has 1 fully saturated rings. The first-order valence-corrected chi connectivity index (χ1v) is 6.37. The van der Waals surface area contributed by atoms with Crippen LogP contribution in [0, 0.1) is 0 Å². The van der Waals surface area contributed by atoms with E-state index in [4.69, 9.17) is 10.5 Å². The van der Waals surface area contributed by atoms with Crippen LogP contribution in [-0.4, -0.2) is 21.0 Å². The lowest BCUT2D eigenvalue weighted by atomic mass is 10.0. The maximum atomic E-state index is 10.3. The van der Waals surface area contributed by atoms with Gasteiger partial charge in [-0.05, 0) is 30.5 Å². The average Bonchev–Trinajstić information content (AvgIpc) is 3.17. The van der Waals surface area contributed by atoms with Crippen molar-refractivity contribution < 1.29 is 9.84 Å². The first-order valence-electron chi connectivity index (χ1n) is 6.37. The Kier molecular flexibility index (Phi) is 2.91. The summed E-state index contributed by atoms with van der Waals surface area (Å²) in [5, 5.41) is 14.3. The van der Waals surface area contributed by atoms with Gasteiger partial charge in [-0.2, -0.15) is 5.10 Å². The summed E-state index contributed by atoms with van der Waals surface area (Å²) in [6.45, 7) is 0. The van der Waals surface area contributed by atoms with Crippen LogP contribution in [0.2, 0.25) is 0 Å². The lowest BCUT2D eigenvalue weighted by Crippen LogP contribution is -2.05. The molecule has 0 spiro atoms. The minimum atomic E-state index is -0.760. The molecule has 1 aliphatic rings.